The zero-order valence-electron chi connectivity index (χ0n) is 10.3. The van der Waals surface area contributed by atoms with Crippen LogP contribution < -0.4 is 4.90 Å². The van der Waals surface area contributed by atoms with E-state index in [-0.39, 0.29) is 24.6 Å². The predicted octanol–water partition coefficient (Wildman–Crippen LogP) is 1.75. The van der Waals surface area contributed by atoms with Crippen LogP contribution in [-0.4, -0.2) is 35.0 Å². The summed E-state index contributed by atoms with van der Waals surface area (Å²) in [6.45, 7) is -0.0116. The van der Waals surface area contributed by atoms with Crippen molar-refractivity contribution in [1.29, 1.82) is 5.26 Å². The summed E-state index contributed by atoms with van der Waals surface area (Å²) < 4.78 is 0. The maximum Gasteiger partial charge on any atom is 0.304 e. The van der Waals surface area contributed by atoms with Gasteiger partial charge in [-0.15, -0.1) is 0 Å². The standard InChI is InChI=1S/C13H14N2O3S/c14-7-8-15(11-4-2-1-3-5-11)12(16)10-19-9-6-13(17)18/h1-5H,6,8-10H2,(H,17,18). The largest absolute Gasteiger partial charge is 0.481 e. The highest BCUT2D eigenvalue weighted by Gasteiger charge is 2.15. The van der Waals surface area contributed by atoms with Gasteiger partial charge in [0.2, 0.25) is 5.91 Å². The van der Waals surface area contributed by atoms with Crippen molar-refractivity contribution < 1.29 is 14.7 Å². The molecule has 1 aromatic rings. The van der Waals surface area contributed by atoms with E-state index in [9.17, 15) is 9.59 Å². The molecule has 0 saturated carbocycles. The molecule has 0 bridgehead atoms. The topological polar surface area (TPSA) is 81.4 Å². The molecule has 1 aromatic carbocycles. The van der Waals surface area contributed by atoms with Crippen molar-refractivity contribution in [1.82, 2.24) is 0 Å². The molecular formula is C13H14N2O3S. The third-order valence-corrected chi connectivity index (χ3v) is 3.23. The number of aliphatic carboxylic acids is 1. The summed E-state index contributed by atoms with van der Waals surface area (Å²) in [6.07, 6.45) is 0.0293. The summed E-state index contributed by atoms with van der Waals surface area (Å²) in [4.78, 5) is 23.7. The smallest absolute Gasteiger partial charge is 0.304 e. The molecule has 0 aliphatic rings. The van der Waals surface area contributed by atoms with Crippen molar-refractivity contribution in [3.63, 3.8) is 0 Å². The van der Waals surface area contributed by atoms with E-state index in [1.165, 1.54) is 16.7 Å². The third-order valence-electron chi connectivity index (χ3n) is 2.28. The molecule has 5 nitrogen and oxygen atoms in total. The second-order valence-corrected chi connectivity index (χ2v) is 4.78. The third kappa shape index (κ3) is 5.44. The molecule has 0 aliphatic carbocycles. The van der Waals surface area contributed by atoms with E-state index >= 15 is 0 Å². The minimum atomic E-state index is -0.878. The summed E-state index contributed by atoms with van der Waals surface area (Å²) in [7, 11) is 0. The molecule has 0 spiro atoms. The molecule has 0 unspecified atom stereocenters. The Hall–Kier alpha value is -2.00. The maximum atomic E-state index is 12.0. The Morgan fingerprint density at radius 2 is 2.00 bits per heavy atom. The van der Waals surface area contributed by atoms with Crippen molar-refractivity contribution in [3.8, 4) is 6.07 Å². The fraction of sp³-hybridized carbons (Fsp3) is 0.308. The first-order valence-electron chi connectivity index (χ1n) is 5.67. The average molecular weight is 278 g/mol. The van der Waals surface area contributed by atoms with Crippen molar-refractivity contribution in [3.05, 3.63) is 30.3 Å². The van der Waals surface area contributed by atoms with Gasteiger partial charge in [0.05, 0.1) is 18.2 Å². The Balaban J connectivity index is 2.55. The molecule has 6 heteroatoms. The van der Waals surface area contributed by atoms with E-state index in [0.717, 1.165) is 0 Å². The number of nitrogens with zero attached hydrogens (tertiary/aromatic N) is 2. The first-order valence-corrected chi connectivity index (χ1v) is 6.82. The number of nitriles is 1. The second-order valence-electron chi connectivity index (χ2n) is 3.67. The normalized spacial score (nSPS) is 9.63. The van der Waals surface area contributed by atoms with Gasteiger partial charge in [0.1, 0.15) is 6.54 Å². The zero-order valence-corrected chi connectivity index (χ0v) is 11.1. The average Bonchev–Trinajstić information content (AvgIpc) is 2.41. The molecule has 0 fully saturated rings. The van der Waals surface area contributed by atoms with Crippen LogP contribution in [0.5, 0.6) is 0 Å². The van der Waals surface area contributed by atoms with E-state index in [1.54, 1.807) is 24.3 Å². The molecule has 0 aliphatic heterocycles. The Bertz CT molecular complexity index is 471. The molecule has 19 heavy (non-hydrogen) atoms. The number of carbonyl (C=O) groups excluding carboxylic acids is 1. The molecule has 0 aromatic heterocycles. The summed E-state index contributed by atoms with van der Waals surface area (Å²) in [5, 5.41) is 17.3. The highest BCUT2D eigenvalue weighted by atomic mass is 32.2. The fourth-order valence-electron chi connectivity index (χ4n) is 1.40. The Kier molecular flexibility index (Phi) is 6.47. The quantitative estimate of drug-likeness (QED) is 0.607. The molecule has 0 heterocycles. The van der Waals surface area contributed by atoms with E-state index in [4.69, 9.17) is 10.4 Å². The van der Waals surface area contributed by atoms with Crippen LogP contribution in [0.2, 0.25) is 0 Å². The lowest BCUT2D eigenvalue weighted by Gasteiger charge is -2.19. The van der Waals surface area contributed by atoms with Crippen LogP contribution in [0.4, 0.5) is 5.69 Å². The van der Waals surface area contributed by atoms with Gasteiger partial charge in [-0.1, -0.05) is 18.2 Å². The monoisotopic (exact) mass is 278 g/mol. The SMILES string of the molecule is N#CCN(C(=O)CSCCC(=O)O)c1ccccc1. The van der Waals surface area contributed by atoms with Gasteiger partial charge >= 0.3 is 5.97 Å². The molecule has 1 N–H and O–H groups in total. The van der Waals surface area contributed by atoms with Gasteiger partial charge in [0.25, 0.3) is 0 Å². The first-order chi connectivity index (χ1) is 9.15. The highest BCUT2D eigenvalue weighted by Crippen LogP contribution is 2.15. The molecule has 0 radical (unpaired) electrons. The van der Waals surface area contributed by atoms with E-state index in [0.29, 0.717) is 11.4 Å². The molecule has 0 atom stereocenters. The number of rotatable bonds is 7. The van der Waals surface area contributed by atoms with Crippen molar-refractivity contribution in [2.45, 2.75) is 6.42 Å². The molecular weight excluding hydrogens is 264 g/mol. The van der Waals surface area contributed by atoms with Gasteiger partial charge in [-0.3, -0.25) is 14.5 Å². The summed E-state index contributed by atoms with van der Waals surface area (Å²) in [5.74, 6) is -0.514. The van der Waals surface area contributed by atoms with Crippen LogP contribution >= 0.6 is 11.8 Å². The number of anilines is 1. The van der Waals surface area contributed by atoms with Gasteiger partial charge in [0.15, 0.2) is 0 Å². The number of benzene rings is 1. The van der Waals surface area contributed by atoms with Crippen LogP contribution in [0.3, 0.4) is 0 Å². The van der Waals surface area contributed by atoms with Gasteiger partial charge in [-0.25, -0.2) is 0 Å². The lowest BCUT2D eigenvalue weighted by molar-refractivity contribution is -0.136. The number of para-hydroxylation sites is 1. The van der Waals surface area contributed by atoms with Crippen molar-refractivity contribution >= 4 is 29.3 Å². The summed E-state index contributed by atoms with van der Waals surface area (Å²) in [6, 6.07) is 10.9. The van der Waals surface area contributed by atoms with E-state index < -0.39 is 5.97 Å². The number of carboxylic acids is 1. The summed E-state index contributed by atoms with van der Waals surface area (Å²) >= 11 is 1.26. The van der Waals surface area contributed by atoms with E-state index in [1.807, 2.05) is 12.1 Å². The zero-order chi connectivity index (χ0) is 14.1. The minimum Gasteiger partial charge on any atom is -0.481 e. The number of hydrogen-bond acceptors (Lipinski definition) is 4. The lowest BCUT2D eigenvalue weighted by atomic mass is 10.3. The number of carboxylic acid groups (broad SMARTS) is 1. The highest BCUT2D eigenvalue weighted by molar-refractivity contribution is 7.99. The van der Waals surface area contributed by atoms with E-state index in [2.05, 4.69) is 0 Å². The van der Waals surface area contributed by atoms with Gasteiger partial charge < -0.3 is 5.11 Å². The lowest BCUT2D eigenvalue weighted by Crippen LogP contribution is -2.32. The van der Waals surface area contributed by atoms with Crippen LogP contribution in [-0.2, 0) is 9.59 Å². The number of carbonyl (C=O) groups is 2. The first kappa shape index (κ1) is 15.1. The van der Waals surface area contributed by atoms with Crippen LogP contribution in [0.15, 0.2) is 30.3 Å². The number of thioether (sulfide) groups is 1. The molecule has 0 saturated heterocycles. The molecule has 100 valence electrons. The Morgan fingerprint density at radius 3 is 2.58 bits per heavy atom. The minimum absolute atomic E-state index is 0.0116. The van der Waals surface area contributed by atoms with Gasteiger partial charge in [-0.2, -0.15) is 17.0 Å². The maximum absolute atomic E-state index is 12.0. The van der Waals surface area contributed by atoms with Crippen LogP contribution in [0.1, 0.15) is 6.42 Å². The number of hydrogen-bond donors (Lipinski definition) is 1. The number of amides is 1. The second kappa shape index (κ2) is 8.16. The Labute approximate surface area is 115 Å². The van der Waals surface area contributed by atoms with Crippen LogP contribution in [0, 0.1) is 11.3 Å². The van der Waals surface area contributed by atoms with Gasteiger partial charge in [0, 0.05) is 11.4 Å². The van der Waals surface area contributed by atoms with Crippen molar-refractivity contribution in [2.75, 3.05) is 23.0 Å². The van der Waals surface area contributed by atoms with Crippen LogP contribution in [0.25, 0.3) is 0 Å². The predicted molar refractivity (Wildman–Crippen MR) is 74.0 cm³/mol. The fourth-order valence-corrected chi connectivity index (χ4v) is 2.19. The van der Waals surface area contributed by atoms with Gasteiger partial charge in [-0.05, 0) is 12.1 Å². The van der Waals surface area contributed by atoms with Crippen molar-refractivity contribution in [2.24, 2.45) is 0 Å². The Morgan fingerprint density at radius 1 is 1.32 bits per heavy atom. The summed E-state index contributed by atoms with van der Waals surface area (Å²) in [5.41, 5.74) is 0.674. The molecule has 1 amide bonds. The molecule has 1 rings (SSSR count).